The molecule has 1 aromatic rings. The zero-order chi connectivity index (χ0) is 17.4. The zero-order valence-electron chi connectivity index (χ0n) is 14.1. The smallest absolute Gasteiger partial charge is 0.332 e. The number of rotatable bonds is 3. The molecule has 0 atom stereocenters. The Bertz CT molecular complexity index is 671. The first-order valence-corrected chi connectivity index (χ1v) is 8.03. The molecule has 0 bridgehead atoms. The van der Waals surface area contributed by atoms with Crippen LogP contribution in [-0.2, 0) is 14.3 Å². The number of hydrogen-bond acceptors (Lipinski definition) is 3. The van der Waals surface area contributed by atoms with Gasteiger partial charge in [-0.1, -0.05) is 37.6 Å². The number of carbonyl (C=O) groups excluding carboxylic acids is 2. The van der Waals surface area contributed by atoms with Crippen LogP contribution in [0.5, 0.6) is 0 Å². The van der Waals surface area contributed by atoms with Crippen molar-refractivity contribution in [1.29, 1.82) is 0 Å². The summed E-state index contributed by atoms with van der Waals surface area (Å²) in [5.41, 5.74) is 1.07. The van der Waals surface area contributed by atoms with Crippen LogP contribution in [0.4, 0.5) is 5.69 Å². The van der Waals surface area contributed by atoms with Gasteiger partial charge in [-0.3, -0.25) is 4.79 Å². The molecule has 124 valence electrons. The fraction of sp³-hybridized carbons (Fsp3) is 0.444. The number of hydrogen-bond donors (Lipinski definition) is 0. The van der Waals surface area contributed by atoms with Gasteiger partial charge in [0.25, 0.3) is 5.91 Å². The maximum absolute atomic E-state index is 12.7. The molecule has 1 aliphatic heterocycles. The lowest BCUT2D eigenvalue weighted by Crippen LogP contribution is -2.30. The van der Waals surface area contributed by atoms with E-state index in [-0.39, 0.29) is 11.8 Å². The first kappa shape index (κ1) is 17.5. The molecular weight excluding hydrogens is 314 g/mol. The molecule has 0 fully saturated rings. The van der Waals surface area contributed by atoms with Crippen LogP contribution >= 0.6 is 11.6 Å². The highest BCUT2D eigenvalue weighted by atomic mass is 35.5. The molecule has 0 aromatic heterocycles. The highest BCUT2D eigenvalue weighted by Crippen LogP contribution is 2.41. The van der Waals surface area contributed by atoms with Gasteiger partial charge in [0.2, 0.25) is 0 Å². The van der Waals surface area contributed by atoms with Crippen molar-refractivity contribution in [1.82, 2.24) is 0 Å². The molecule has 0 aliphatic carbocycles. The normalized spacial score (nSPS) is 16.2. The van der Waals surface area contributed by atoms with Crippen LogP contribution in [0.1, 0.15) is 40.2 Å². The van der Waals surface area contributed by atoms with Gasteiger partial charge in [0, 0.05) is 18.2 Å². The number of halogens is 1. The fourth-order valence-electron chi connectivity index (χ4n) is 2.50. The summed E-state index contributed by atoms with van der Waals surface area (Å²) in [5.74, 6) is -0.463. The van der Waals surface area contributed by atoms with Crippen LogP contribution in [0.3, 0.4) is 0 Å². The number of nitrogens with zero attached hydrogens (tertiary/aromatic N) is 1. The molecule has 2 rings (SSSR count). The van der Waals surface area contributed by atoms with E-state index >= 15 is 0 Å². The van der Waals surface area contributed by atoms with Crippen molar-refractivity contribution < 1.29 is 14.3 Å². The van der Waals surface area contributed by atoms with Gasteiger partial charge in [-0.25, -0.2) is 4.79 Å². The third kappa shape index (κ3) is 3.94. The van der Waals surface area contributed by atoms with Gasteiger partial charge >= 0.3 is 5.97 Å². The number of fused-ring (bicyclic) bond motifs is 1. The average molecular weight is 336 g/mol. The predicted octanol–water partition coefficient (Wildman–Crippen LogP) is 4.07. The third-order valence-electron chi connectivity index (χ3n) is 3.24. The van der Waals surface area contributed by atoms with Crippen LogP contribution in [0.15, 0.2) is 24.3 Å². The van der Waals surface area contributed by atoms with Crippen molar-refractivity contribution >= 4 is 34.7 Å². The maximum Gasteiger partial charge on any atom is 0.332 e. The molecule has 0 radical (unpaired) electrons. The molecule has 0 saturated carbocycles. The number of para-hydroxylation sites is 1. The molecule has 0 spiro atoms. The molecule has 5 heteroatoms. The van der Waals surface area contributed by atoms with E-state index in [1.54, 1.807) is 43.9 Å². The standard InChI is InChI=1S/C18H22ClNO3/c1-11(2)10-20-16-12(7-6-8-14(16)19)13(17(20)22)9-15(21)23-18(3,4)5/h6-9,11H,10H2,1-5H3. The molecule has 1 amide bonds. The number of carbonyl (C=O) groups is 2. The number of ether oxygens (including phenoxy) is 1. The fourth-order valence-corrected chi connectivity index (χ4v) is 2.77. The van der Waals surface area contributed by atoms with E-state index in [9.17, 15) is 9.59 Å². The van der Waals surface area contributed by atoms with Gasteiger partial charge in [0.1, 0.15) is 5.60 Å². The Kier molecular flexibility index (Phi) is 4.85. The summed E-state index contributed by atoms with van der Waals surface area (Å²) in [4.78, 5) is 26.5. The summed E-state index contributed by atoms with van der Waals surface area (Å²) < 4.78 is 5.29. The molecule has 1 heterocycles. The van der Waals surface area contributed by atoms with Crippen molar-refractivity contribution in [2.45, 2.75) is 40.2 Å². The number of anilines is 1. The first-order chi connectivity index (χ1) is 10.6. The van der Waals surface area contributed by atoms with Crippen molar-refractivity contribution in [2.75, 3.05) is 11.4 Å². The topological polar surface area (TPSA) is 46.6 Å². The molecular formula is C18H22ClNO3. The SMILES string of the molecule is CC(C)CN1C(=O)C(=CC(=O)OC(C)(C)C)c2cccc(Cl)c21. The van der Waals surface area contributed by atoms with Crippen molar-refractivity contribution in [3.8, 4) is 0 Å². The van der Waals surface area contributed by atoms with E-state index < -0.39 is 11.6 Å². The second kappa shape index (κ2) is 6.36. The van der Waals surface area contributed by atoms with Gasteiger partial charge in [-0.2, -0.15) is 0 Å². The van der Waals surface area contributed by atoms with E-state index in [2.05, 4.69) is 0 Å². The van der Waals surface area contributed by atoms with Crippen LogP contribution in [0.25, 0.3) is 5.57 Å². The van der Waals surface area contributed by atoms with Gasteiger partial charge in [0.15, 0.2) is 0 Å². The molecule has 1 aliphatic rings. The zero-order valence-corrected chi connectivity index (χ0v) is 14.9. The molecule has 1 aromatic carbocycles. The summed E-state index contributed by atoms with van der Waals surface area (Å²) >= 11 is 6.28. The Morgan fingerprint density at radius 1 is 1.35 bits per heavy atom. The molecule has 23 heavy (non-hydrogen) atoms. The van der Waals surface area contributed by atoms with Crippen LogP contribution in [0.2, 0.25) is 5.02 Å². The second-order valence-electron chi connectivity index (χ2n) is 7.04. The van der Waals surface area contributed by atoms with Crippen LogP contribution in [-0.4, -0.2) is 24.0 Å². The predicted molar refractivity (Wildman–Crippen MR) is 92.5 cm³/mol. The minimum atomic E-state index is -0.607. The number of esters is 1. The Morgan fingerprint density at radius 2 is 2.00 bits per heavy atom. The van der Waals surface area contributed by atoms with Crippen molar-refractivity contribution in [3.63, 3.8) is 0 Å². The lowest BCUT2D eigenvalue weighted by Gasteiger charge is -2.20. The molecule has 0 unspecified atom stereocenters. The molecule has 0 N–H and O–H groups in total. The van der Waals surface area contributed by atoms with E-state index in [0.717, 1.165) is 0 Å². The van der Waals surface area contributed by atoms with E-state index in [1.807, 2.05) is 13.8 Å². The first-order valence-electron chi connectivity index (χ1n) is 7.65. The highest BCUT2D eigenvalue weighted by Gasteiger charge is 2.35. The quantitative estimate of drug-likeness (QED) is 0.618. The summed E-state index contributed by atoms with van der Waals surface area (Å²) in [7, 11) is 0. The van der Waals surface area contributed by atoms with Crippen molar-refractivity contribution in [3.05, 3.63) is 34.9 Å². The second-order valence-corrected chi connectivity index (χ2v) is 7.44. The Hall–Kier alpha value is -1.81. The lowest BCUT2D eigenvalue weighted by molar-refractivity contribution is -0.148. The minimum absolute atomic E-state index is 0.215. The minimum Gasteiger partial charge on any atom is -0.457 e. The van der Waals surface area contributed by atoms with Gasteiger partial charge in [-0.15, -0.1) is 0 Å². The van der Waals surface area contributed by atoms with Gasteiger partial charge in [0.05, 0.1) is 16.3 Å². The molecule has 4 nitrogen and oxygen atoms in total. The number of benzene rings is 1. The average Bonchev–Trinajstić information content (AvgIpc) is 2.63. The highest BCUT2D eigenvalue weighted by molar-refractivity contribution is 6.41. The summed E-state index contributed by atoms with van der Waals surface area (Å²) in [6.07, 6.45) is 1.27. The Balaban J connectivity index is 2.45. The van der Waals surface area contributed by atoms with E-state index in [1.165, 1.54) is 6.08 Å². The summed E-state index contributed by atoms with van der Waals surface area (Å²) in [6, 6.07) is 5.32. The van der Waals surface area contributed by atoms with E-state index in [4.69, 9.17) is 16.3 Å². The summed E-state index contributed by atoms with van der Waals surface area (Å²) in [5, 5.41) is 0.504. The van der Waals surface area contributed by atoms with Crippen LogP contribution in [0, 0.1) is 5.92 Å². The summed E-state index contributed by atoms with van der Waals surface area (Å²) in [6.45, 7) is 9.96. The largest absolute Gasteiger partial charge is 0.457 e. The third-order valence-corrected chi connectivity index (χ3v) is 3.54. The number of amides is 1. The maximum atomic E-state index is 12.7. The van der Waals surface area contributed by atoms with Crippen LogP contribution < -0.4 is 4.90 Å². The molecule has 0 saturated heterocycles. The Labute approximate surface area is 142 Å². The van der Waals surface area contributed by atoms with Crippen molar-refractivity contribution in [2.24, 2.45) is 5.92 Å². The van der Waals surface area contributed by atoms with Gasteiger partial charge < -0.3 is 9.64 Å². The monoisotopic (exact) mass is 335 g/mol. The van der Waals surface area contributed by atoms with E-state index in [0.29, 0.717) is 28.4 Å². The Morgan fingerprint density at radius 3 is 2.57 bits per heavy atom. The lowest BCUT2D eigenvalue weighted by atomic mass is 10.1. The van der Waals surface area contributed by atoms with Gasteiger partial charge in [-0.05, 0) is 32.8 Å².